The fourth-order valence-electron chi connectivity index (χ4n) is 2.96. The third-order valence-electron chi connectivity index (χ3n) is 4.38. The van der Waals surface area contributed by atoms with E-state index in [2.05, 4.69) is 12.2 Å². The van der Waals surface area contributed by atoms with Crippen molar-refractivity contribution in [1.82, 2.24) is 4.31 Å². The first kappa shape index (κ1) is 18.1. The van der Waals surface area contributed by atoms with Crippen molar-refractivity contribution in [3.63, 3.8) is 0 Å². The van der Waals surface area contributed by atoms with E-state index in [-0.39, 0.29) is 10.8 Å². The van der Waals surface area contributed by atoms with E-state index in [1.165, 1.54) is 20.5 Å². The molecule has 1 aromatic heterocycles. The van der Waals surface area contributed by atoms with Gasteiger partial charge in [-0.25, -0.2) is 8.42 Å². The summed E-state index contributed by atoms with van der Waals surface area (Å²) in [6.07, 6.45) is 2.73. The molecule has 0 bridgehead atoms. The van der Waals surface area contributed by atoms with E-state index in [1.54, 1.807) is 24.3 Å². The van der Waals surface area contributed by atoms with E-state index in [0.29, 0.717) is 23.7 Å². The lowest BCUT2D eigenvalue weighted by Crippen LogP contribution is -2.27. The topological polar surface area (TPSA) is 66.5 Å². The maximum absolute atomic E-state index is 12.5. The monoisotopic (exact) mass is 378 g/mol. The van der Waals surface area contributed by atoms with Crippen LogP contribution in [0.2, 0.25) is 0 Å². The molecule has 7 heteroatoms. The molecule has 1 saturated heterocycles. The Morgan fingerprint density at radius 1 is 1.20 bits per heavy atom. The van der Waals surface area contributed by atoms with Gasteiger partial charge in [0.05, 0.1) is 9.77 Å². The van der Waals surface area contributed by atoms with Crippen molar-refractivity contribution in [2.24, 2.45) is 0 Å². The number of carbonyl (C=O) groups excluding carboxylic acids is 1. The number of aryl methyl sites for hydroxylation is 2. The van der Waals surface area contributed by atoms with Crippen LogP contribution in [0.15, 0.2) is 35.2 Å². The molecule has 5 nitrogen and oxygen atoms in total. The van der Waals surface area contributed by atoms with Crippen LogP contribution in [0.5, 0.6) is 0 Å². The number of thiophene rings is 1. The summed E-state index contributed by atoms with van der Waals surface area (Å²) in [4.78, 5) is 14.5. The van der Waals surface area contributed by atoms with E-state index in [4.69, 9.17) is 0 Å². The fourth-order valence-corrected chi connectivity index (χ4v) is 5.49. The highest BCUT2D eigenvalue weighted by atomic mass is 32.2. The number of sulfonamides is 1. The van der Waals surface area contributed by atoms with Crippen molar-refractivity contribution in [2.45, 2.75) is 38.0 Å². The number of carbonyl (C=O) groups is 1. The summed E-state index contributed by atoms with van der Waals surface area (Å²) in [7, 11) is -3.42. The van der Waals surface area contributed by atoms with Crippen LogP contribution in [-0.4, -0.2) is 31.7 Å². The first-order valence-electron chi connectivity index (χ1n) is 8.42. The molecule has 25 heavy (non-hydrogen) atoms. The summed E-state index contributed by atoms with van der Waals surface area (Å²) in [5.74, 6) is -0.164. The lowest BCUT2D eigenvalue weighted by Gasteiger charge is -2.15. The zero-order valence-electron chi connectivity index (χ0n) is 14.4. The molecule has 1 aliphatic heterocycles. The molecule has 0 aliphatic carbocycles. The van der Waals surface area contributed by atoms with Gasteiger partial charge in [0, 0.05) is 23.7 Å². The second-order valence-electron chi connectivity index (χ2n) is 6.16. The highest BCUT2D eigenvalue weighted by Crippen LogP contribution is 2.25. The highest BCUT2D eigenvalue weighted by Gasteiger charge is 2.27. The Morgan fingerprint density at radius 2 is 1.84 bits per heavy atom. The summed E-state index contributed by atoms with van der Waals surface area (Å²) in [5, 5.41) is 2.83. The molecule has 0 saturated carbocycles. The minimum atomic E-state index is -3.42. The van der Waals surface area contributed by atoms with E-state index in [0.717, 1.165) is 24.8 Å². The van der Waals surface area contributed by atoms with Crippen LogP contribution in [0, 0.1) is 6.92 Å². The van der Waals surface area contributed by atoms with Gasteiger partial charge in [-0.1, -0.05) is 6.92 Å². The van der Waals surface area contributed by atoms with Crippen LogP contribution in [0.1, 0.15) is 39.9 Å². The summed E-state index contributed by atoms with van der Waals surface area (Å²) < 4.78 is 26.5. The third-order valence-corrected chi connectivity index (χ3v) is 7.67. The fraction of sp³-hybridized carbons (Fsp3) is 0.389. The van der Waals surface area contributed by atoms with Crippen LogP contribution in [-0.2, 0) is 16.4 Å². The van der Waals surface area contributed by atoms with E-state index in [9.17, 15) is 13.2 Å². The highest BCUT2D eigenvalue weighted by molar-refractivity contribution is 7.89. The molecular weight excluding hydrogens is 356 g/mol. The molecule has 3 rings (SSSR count). The van der Waals surface area contributed by atoms with Gasteiger partial charge in [-0.05, 0) is 62.1 Å². The average Bonchev–Trinajstić information content (AvgIpc) is 3.25. The molecule has 1 aliphatic rings. The SMILES string of the molecule is CCc1sc(C(=O)Nc2ccc(S(=O)(=O)N3CCCC3)cc2)cc1C. The van der Waals surface area contributed by atoms with Crippen LogP contribution in [0.25, 0.3) is 0 Å². The Balaban J connectivity index is 1.73. The quantitative estimate of drug-likeness (QED) is 0.863. The number of anilines is 1. The molecule has 0 unspecified atom stereocenters. The summed E-state index contributed by atoms with van der Waals surface area (Å²) in [5.41, 5.74) is 1.72. The number of benzene rings is 1. The minimum absolute atomic E-state index is 0.164. The predicted molar refractivity (Wildman–Crippen MR) is 101 cm³/mol. The standard InChI is InChI=1S/C18H22N2O3S2/c1-3-16-13(2)12-17(24-16)18(21)19-14-6-8-15(9-7-14)25(22,23)20-10-4-5-11-20/h6-9,12H,3-5,10-11H2,1-2H3,(H,19,21). The van der Waals surface area contributed by atoms with Crippen molar-refractivity contribution >= 4 is 33.0 Å². The zero-order chi connectivity index (χ0) is 18.0. The summed E-state index contributed by atoms with van der Waals surface area (Å²) >= 11 is 1.50. The molecule has 2 heterocycles. The number of hydrogen-bond acceptors (Lipinski definition) is 4. The number of nitrogens with one attached hydrogen (secondary N) is 1. The lowest BCUT2D eigenvalue weighted by molar-refractivity contribution is 0.103. The van der Waals surface area contributed by atoms with Gasteiger partial charge >= 0.3 is 0 Å². The molecule has 134 valence electrons. The van der Waals surface area contributed by atoms with Gasteiger partial charge in [0.25, 0.3) is 5.91 Å². The van der Waals surface area contributed by atoms with Crippen molar-refractivity contribution in [1.29, 1.82) is 0 Å². The van der Waals surface area contributed by atoms with Crippen molar-refractivity contribution in [2.75, 3.05) is 18.4 Å². The van der Waals surface area contributed by atoms with Gasteiger partial charge in [-0.2, -0.15) is 4.31 Å². The normalized spacial score (nSPS) is 15.4. The third kappa shape index (κ3) is 3.78. The van der Waals surface area contributed by atoms with Gasteiger partial charge in [0.1, 0.15) is 0 Å². The summed E-state index contributed by atoms with van der Waals surface area (Å²) in [6, 6.07) is 8.29. The smallest absolute Gasteiger partial charge is 0.265 e. The van der Waals surface area contributed by atoms with E-state index >= 15 is 0 Å². The first-order chi connectivity index (χ1) is 11.9. The second kappa shape index (κ2) is 7.27. The molecule has 0 spiro atoms. The van der Waals surface area contributed by atoms with Crippen LogP contribution in [0.4, 0.5) is 5.69 Å². The van der Waals surface area contributed by atoms with E-state index < -0.39 is 10.0 Å². The molecule has 0 radical (unpaired) electrons. The van der Waals surface area contributed by atoms with Crippen molar-refractivity contribution < 1.29 is 13.2 Å². The molecule has 1 N–H and O–H groups in total. The number of nitrogens with zero attached hydrogens (tertiary/aromatic N) is 1. The largest absolute Gasteiger partial charge is 0.321 e. The minimum Gasteiger partial charge on any atom is -0.321 e. The van der Waals surface area contributed by atoms with E-state index in [1.807, 2.05) is 13.0 Å². The Morgan fingerprint density at radius 3 is 2.40 bits per heavy atom. The van der Waals surface area contributed by atoms with Gasteiger partial charge in [-0.3, -0.25) is 4.79 Å². The molecule has 1 aromatic carbocycles. The van der Waals surface area contributed by atoms with Crippen molar-refractivity contribution in [3.05, 3.63) is 45.6 Å². The van der Waals surface area contributed by atoms with Gasteiger partial charge < -0.3 is 5.32 Å². The molecule has 1 amide bonds. The second-order valence-corrected chi connectivity index (χ2v) is 9.23. The Bertz CT molecular complexity index is 864. The Kier molecular flexibility index (Phi) is 5.27. The Labute approximate surface area is 152 Å². The number of rotatable bonds is 5. The van der Waals surface area contributed by atoms with Gasteiger partial charge in [-0.15, -0.1) is 11.3 Å². The van der Waals surface area contributed by atoms with Crippen molar-refractivity contribution in [3.8, 4) is 0 Å². The van der Waals surface area contributed by atoms with Crippen LogP contribution < -0.4 is 5.32 Å². The maximum Gasteiger partial charge on any atom is 0.265 e. The molecule has 0 atom stereocenters. The molecule has 2 aromatic rings. The maximum atomic E-state index is 12.5. The van der Waals surface area contributed by atoms with Gasteiger partial charge in [0.15, 0.2) is 0 Å². The Hall–Kier alpha value is -1.70. The predicted octanol–water partition coefficient (Wildman–Crippen LogP) is 3.66. The van der Waals surface area contributed by atoms with Gasteiger partial charge in [0.2, 0.25) is 10.0 Å². The number of amides is 1. The average molecular weight is 379 g/mol. The number of hydrogen-bond donors (Lipinski definition) is 1. The first-order valence-corrected chi connectivity index (χ1v) is 10.7. The van der Waals surface area contributed by atoms with Crippen LogP contribution >= 0.6 is 11.3 Å². The lowest BCUT2D eigenvalue weighted by atomic mass is 10.2. The van der Waals surface area contributed by atoms with Crippen LogP contribution in [0.3, 0.4) is 0 Å². The zero-order valence-corrected chi connectivity index (χ0v) is 16.0. The molecular formula is C18H22N2O3S2. The summed E-state index contributed by atoms with van der Waals surface area (Å²) in [6.45, 7) is 5.24. The molecule has 1 fully saturated rings.